The van der Waals surface area contributed by atoms with Gasteiger partial charge >= 0.3 is 0 Å². The van der Waals surface area contributed by atoms with Crippen LogP contribution in [0, 0.1) is 0 Å². The first-order valence-electron chi connectivity index (χ1n) is 3.56. The summed E-state index contributed by atoms with van der Waals surface area (Å²) < 4.78 is 25.2. The molecule has 0 aromatic rings. The maximum absolute atomic E-state index is 12.6. The van der Waals surface area contributed by atoms with Crippen molar-refractivity contribution in [1.29, 1.82) is 0 Å². The molecule has 0 saturated carbocycles. The fourth-order valence-corrected chi connectivity index (χ4v) is 1.20. The van der Waals surface area contributed by atoms with Gasteiger partial charge in [-0.05, 0) is 0 Å². The quantitative estimate of drug-likeness (QED) is 0.538. The second kappa shape index (κ2) is 3.22. The summed E-state index contributed by atoms with van der Waals surface area (Å²) in [5, 5.41) is 14.3. The maximum Gasteiger partial charge on any atom is 0.262 e. The van der Waals surface area contributed by atoms with E-state index in [-0.39, 0.29) is 6.54 Å². The van der Waals surface area contributed by atoms with Gasteiger partial charge in [0.2, 0.25) is 0 Å². The van der Waals surface area contributed by atoms with E-state index in [1.54, 1.807) is 0 Å². The van der Waals surface area contributed by atoms with Crippen molar-refractivity contribution in [1.82, 2.24) is 10.6 Å². The van der Waals surface area contributed by atoms with E-state index in [1.165, 1.54) is 0 Å². The number of hydrogen-bond donors (Lipinski definition) is 2. The predicted molar refractivity (Wildman–Crippen MR) is 34.8 cm³/mol. The summed E-state index contributed by atoms with van der Waals surface area (Å²) in [4.78, 5) is 9.98. The van der Waals surface area contributed by atoms with Crippen molar-refractivity contribution in [3.63, 3.8) is 0 Å². The minimum Gasteiger partial charge on any atom is -0.530 e. The molecular formula is C6H9F2N2O2-. The van der Waals surface area contributed by atoms with E-state index < -0.39 is 31.0 Å². The largest absolute Gasteiger partial charge is 0.530 e. The average Bonchev–Trinajstić information content (AvgIpc) is 1.82. The van der Waals surface area contributed by atoms with Crippen LogP contribution in [0.2, 0.25) is 0 Å². The van der Waals surface area contributed by atoms with E-state index in [1.807, 2.05) is 5.32 Å². The van der Waals surface area contributed by atoms with Gasteiger partial charge in [0.25, 0.3) is 5.92 Å². The van der Waals surface area contributed by atoms with Crippen LogP contribution in [-0.4, -0.2) is 31.1 Å². The highest BCUT2D eigenvalue weighted by Crippen LogP contribution is 2.21. The number of hydrogen-bond acceptors (Lipinski definition) is 3. The van der Waals surface area contributed by atoms with Crippen LogP contribution in [0.4, 0.5) is 13.6 Å². The highest BCUT2D eigenvalue weighted by atomic mass is 19.3. The molecule has 1 amide bonds. The first-order chi connectivity index (χ1) is 5.49. The van der Waals surface area contributed by atoms with E-state index in [9.17, 15) is 18.7 Å². The molecule has 0 radical (unpaired) electrons. The first kappa shape index (κ1) is 9.18. The highest BCUT2D eigenvalue weighted by Gasteiger charge is 2.35. The number of carbonyl (C=O) groups is 1. The molecule has 1 heterocycles. The zero-order chi connectivity index (χ0) is 9.19. The molecule has 1 unspecified atom stereocenters. The van der Waals surface area contributed by atoms with E-state index >= 15 is 0 Å². The van der Waals surface area contributed by atoms with Crippen molar-refractivity contribution < 1.29 is 18.7 Å². The lowest BCUT2D eigenvalue weighted by Gasteiger charge is -2.30. The molecule has 0 bridgehead atoms. The normalized spacial score (nSPS) is 28.0. The Morgan fingerprint density at radius 3 is 2.83 bits per heavy atom. The molecule has 70 valence electrons. The molecule has 0 spiro atoms. The molecular weight excluding hydrogens is 170 g/mol. The van der Waals surface area contributed by atoms with E-state index in [0.717, 1.165) is 0 Å². The van der Waals surface area contributed by atoms with Crippen LogP contribution >= 0.6 is 0 Å². The standard InChI is InChI=1S/C6H10F2N2O2/c7-6(8)1-4(2-9-3-6)10-5(11)12/h4,9-10H,1-3H2,(H,11,12)/p-1. The van der Waals surface area contributed by atoms with Crippen molar-refractivity contribution in [2.45, 2.75) is 18.4 Å². The Morgan fingerprint density at radius 1 is 1.67 bits per heavy atom. The van der Waals surface area contributed by atoms with Gasteiger partial charge in [0, 0.05) is 19.0 Å². The summed E-state index contributed by atoms with van der Waals surface area (Å²) in [7, 11) is 0. The summed E-state index contributed by atoms with van der Waals surface area (Å²) in [6.45, 7) is -0.165. The van der Waals surface area contributed by atoms with Gasteiger partial charge in [-0.2, -0.15) is 0 Å². The van der Waals surface area contributed by atoms with Gasteiger partial charge in [0.1, 0.15) is 6.09 Å². The van der Waals surface area contributed by atoms with Gasteiger partial charge in [-0.25, -0.2) is 8.78 Å². The second-order valence-corrected chi connectivity index (χ2v) is 2.82. The van der Waals surface area contributed by atoms with Crippen LogP contribution in [0.25, 0.3) is 0 Å². The van der Waals surface area contributed by atoms with Gasteiger partial charge in [-0.15, -0.1) is 0 Å². The fourth-order valence-electron chi connectivity index (χ4n) is 1.20. The summed E-state index contributed by atoms with van der Waals surface area (Å²) >= 11 is 0. The van der Waals surface area contributed by atoms with E-state index in [0.29, 0.717) is 0 Å². The van der Waals surface area contributed by atoms with Crippen molar-refractivity contribution in [2.24, 2.45) is 0 Å². The van der Waals surface area contributed by atoms with E-state index in [2.05, 4.69) is 5.32 Å². The summed E-state index contributed by atoms with van der Waals surface area (Å²) in [5.74, 6) is -2.83. The molecule has 1 fully saturated rings. The highest BCUT2D eigenvalue weighted by molar-refractivity contribution is 5.62. The van der Waals surface area contributed by atoms with E-state index in [4.69, 9.17) is 0 Å². The van der Waals surface area contributed by atoms with Crippen molar-refractivity contribution in [3.05, 3.63) is 0 Å². The van der Waals surface area contributed by atoms with Crippen LogP contribution in [0.3, 0.4) is 0 Å². The Morgan fingerprint density at radius 2 is 2.33 bits per heavy atom. The minimum atomic E-state index is -2.83. The average molecular weight is 179 g/mol. The Balaban J connectivity index is 2.41. The number of amides is 1. The van der Waals surface area contributed by atoms with Gasteiger partial charge in [-0.3, -0.25) is 0 Å². The van der Waals surface area contributed by atoms with Gasteiger partial charge < -0.3 is 20.5 Å². The number of rotatable bonds is 1. The zero-order valence-corrected chi connectivity index (χ0v) is 6.27. The number of carbonyl (C=O) groups excluding carboxylic acids is 1. The number of piperidine rings is 1. The Labute approximate surface area is 67.9 Å². The van der Waals surface area contributed by atoms with Crippen molar-refractivity contribution in [3.8, 4) is 0 Å². The maximum atomic E-state index is 12.6. The third-order valence-corrected chi connectivity index (χ3v) is 1.64. The molecule has 1 saturated heterocycles. The first-order valence-corrected chi connectivity index (χ1v) is 3.56. The molecule has 0 aliphatic carbocycles. The molecule has 1 rings (SSSR count). The van der Waals surface area contributed by atoms with Gasteiger partial charge in [0.15, 0.2) is 0 Å². The number of nitrogens with one attached hydrogen (secondary N) is 2. The lowest BCUT2D eigenvalue weighted by molar-refractivity contribution is -0.252. The summed E-state index contributed by atoms with van der Waals surface area (Å²) in [6, 6.07) is -0.751. The minimum absolute atomic E-state index is 0.226. The second-order valence-electron chi connectivity index (χ2n) is 2.82. The molecule has 12 heavy (non-hydrogen) atoms. The van der Waals surface area contributed by atoms with Crippen LogP contribution in [0.1, 0.15) is 6.42 Å². The molecule has 0 aromatic carbocycles. The Kier molecular flexibility index (Phi) is 2.46. The van der Waals surface area contributed by atoms with Crippen LogP contribution in [-0.2, 0) is 0 Å². The lowest BCUT2D eigenvalue weighted by Crippen LogP contribution is -2.55. The molecule has 1 atom stereocenters. The molecule has 0 aromatic heterocycles. The Bertz CT molecular complexity index is 186. The third kappa shape index (κ3) is 2.61. The number of halogens is 2. The SMILES string of the molecule is O=C([O-])NC1CNCC(F)(F)C1. The van der Waals surface area contributed by atoms with Crippen LogP contribution in [0.5, 0.6) is 0 Å². The van der Waals surface area contributed by atoms with Gasteiger partial charge in [0.05, 0.1) is 6.54 Å². The molecule has 1 aliphatic rings. The summed E-state index contributed by atoms with van der Waals surface area (Å²) in [6.07, 6.45) is -1.98. The Hall–Kier alpha value is -0.910. The molecule has 6 heteroatoms. The number of alkyl halides is 2. The smallest absolute Gasteiger partial charge is 0.262 e. The van der Waals surface area contributed by atoms with Crippen LogP contribution in [0.15, 0.2) is 0 Å². The predicted octanol–water partition coefficient (Wildman–Crippen LogP) is -1.08. The monoisotopic (exact) mass is 179 g/mol. The third-order valence-electron chi connectivity index (χ3n) is 1.64. The molecule has 4 nitrogen and oxygen atoms in total. The van der Waals surface area contributed by atoms with Crippen molar-refractivity contribution in [2.75, 3.05) is 13.1 Å². The zero-order valence-electron chi connectivity index (χ0n) is 6.27. The van der Waals surface area contributed by atoms with Gasteiger partial charge in [-0.1, -0.05) is 0 Å². The topological polar surface area (TPSA) is 64.2 Å². The molecule has 2 N–H and O–H groups in total. The van der Waals surface area contributed by atoms with Crippen LogP contribution < -0.4 is 15.7 Å². The fraction of sp³-hybridized carbons (Fsp3) is 0.833. The van der Waals surface area contributed by atoms with Crippen molar-refractivity contribution >= 4 is 6.09 Å². The lowest BCUT2D eigenvalue weighted by atomic mass is 10.0. The summed E-state index contributed by atoms with van der Waals surface area (Å²) in [5.41, 5.74) is 0. The number of carboxylic acid groups (broad SMARTS) is 1. The molecule has 1 aliphatic heterocycles.